The van der Waals surface area contributed by atoms with Gasteiger partial charge >= 0.3 is 0 Å². The molecule has 0 aromatic heterocycles. The van der Waals surface area contributed by atoms with E-state index in [1.807, 2.05) is 7.05 Å². The SMILES string of the molecule is CCCCCCCCCCCCCCCCCC(=O)N(C)CCC(C)O. The van der Waals surface area contributed by atoms with Crippen molar-refractivity contribution in [3.8, 4) is 0 Å². The van der Waals surface area contributed by atoms with E-state index in [2.05, 4.69) is 6.92 Å². The number of nitrogens with zero attached hydrogens (tertiary/aromatic N) is 1. The Morgan fingerprint density at radius 2 is 1.15 bits per heavy atom. The molecule has 26 heavy (non-hydrogen) atoms. The van der Waals surface area contributed by atoms with Crippen LogP contribution in [0.1, 0.15) is 123 Å². The van der Waals surface area contributed by atoms with Gasteiger partial charge in [0.25, 0.3) is 0 Å². The number of hydrogen-bond acceptors (Lipinski definition) is 2. The molecule has 0 aliphatic rings. The van der Waals surface area contributed by atoms with Gasteiger partial charge in [0.05, 0.1) is 6.10 Å². The molecular formula is C23H47NO2. The molecule has 1 atom stereocenters. The standard InChI is InChI=1S/C23H47NO2/c1-4-5-6-7-8-9-10-11-12-13-14-15-16-17-18-19-23(26)24(3)21-20-22(2)25/h22,25H,4-21H2,1-3H3. The number of amides is 1. The van der Waals surface area contributed by atoms with E-state index in [0.29, 0.717) is 19.4 Å². The molecule has 0 fully saturated rings. The summed E-state index contributed by atoms with van der Waals surface area (Å²) in [5, 5.41) is 9.26. The molecule has 0 bridgehead atoms. The predicted octanol–water partition coefficient (Wildman–Crippen LogP) is 6.48. The number of carbonyl (C=O) groups excluding carboxylic acids is 1. The van der Waals surface area contributed by atoms with Crippen LogP contribution in [0.15, 0.2) is 0 Å². The summed E-state index contributed by atoms with van der Waals surface area (Å²) in [6, 6.07) is 0. The largest absolute Gasteiger partial charge is 0.393 e. The van der Waals surface area contributed by atoms with Crippen molar-refractivity contribution < 1.29 is 9.90 Å². The summed E-state index contributed by atoms with van der Waals surface area (Å²) < 4.78 is 0. The Morgan fingerprint density at radius 1 is 0.769 bits per heavy atom. The Balaban J connectivity index is 3.23. The summed E-state index contributed by atoms with van der Waals surface area (Å²) in [7, 11) is 1.84. The number of hydrogen-bond donors (Lipinski definition) is 1. The van der Waals surface area contributed by atoms with Crippen LogP contribution >= 0.6 is 0 Å². The monoisotopic (exact) mass is 369 g/mol. The summed E-state index contributed by atoms with van der Waals surface area (Å²) in [6.45, 7) is 4.71. The van der Waals surface area contributed by atoms with Crippen LogP contribution in [0.3, 0.4) is 0 Å². The topological polar surface area (TPSA) is 40.5 Å². The van der Waals surface area contributed by atoms with Gasteiger partial charge in [-0.05, 0) is 19.8 Å². The molecule has 3 nitrogen and oxygen atoms in total. The summed E-state index contributed by atoms with van der Waals surface area (Å²) in [5.74, 6) is 0.223. The van der Waals surface area contributed by atoms with E-state index in [-0.39, 0.29) is 12.0 Å². The predicted molar refractivity (Wildman–Crippen MR) is 113 cm³/mol. The van der Waals surface area contributed by atoms with Crippen molar-refractivity contribution in [2.24, 2.45) is 0 Å². The quantitative estimate of drug-likeness (QED) is 0.265. The third kappa shape index (κ3) is 18.2. The molecule has 3 heteroatoms. The van der Waals surface area contributed by atoms with Crippen LogP contribution in [0, 0.1) is 0 Å². The molecule has 1 unspecified atom stereocenters. The van der Waals surface area contributed by atoms with Crippen molar-refractivity contribution in [2.75, 3.05) is 13.6 Å². The van der Waals surface area contributed by atoms with E-state index in [1.165, 1.54) is 89.9 Å². The highest BCUT2D eigenvalue weighted by Crippen LogP contribution is 2.14. The van der Waals surface area contributed by atoms with Crippen molar-refractivity contribution in [1.29, 1.82) is 0 Å². The van der Waals surface area contributed by atoms with Crippen LogP contribution in [-0.2, 0) is 4.79 Å². The van der Waals surface area contributed by atoms with E-state index < -0.39 is 0 Å². The molecule has 1 amide bonds. The number of rotatable bonds is 19. The molecule has 0 aromatic carbocycles. The van der Waals surface area contributed by atoms with Gasteiger partial charge < -0.3 is 10.0 Å². The van der Waals surface area contributed by atoms with Crippen LogP contribution in [0.5, 0.6) is 0 Å². The zero-order valence-corrected chi connectivity index (χ0v) is 18.1. The van der Waals surface area contributed by atoms with Gasteiger partial charge in [0.1, 0.15) is 0 Å². The highest BCUT2D eigenvalue weighted by atomic mass is 16.3. The minimum Gasteiger partial charge on any atom is -0.393 e. The third-order valence-corrected chi connectivity index (χ3v) is 5.30. The summed E-state index contributed by atoms with van der Waals surface area (Å²) in [6.07, 6.45) is 21.3. The van der Waals surface area contributed by atoms with Crippen molar-refractivity contribution in [1.82, 2.24) is 4.90 Å². The molecule has 0 saturated heterocycles. The van der Waals surface area contributed by atoms with Crippen molar-refractivity contribution in [2.45, 2.75) is 129 Å². The molecule has 0 aliphatic carbocycles. The van der Waals surface area contributed by atoms with Crippen molar-refractivity contribution in [3.63, 3.8) is 0 Å². The summed E-state index contributed by atoms with van der Waals surface area (Å²) in [4.78, 5) is 13.7. The highest BCUT2D eigenvalue weighted by molar-refractivity contribution is 5.75. The summed E-state index contributed by atoms with van der Waals surface area (Å²) >= 11 is 0. The number of carbonyl (C=O) groups is 1. The number of aliphatic hydroxyl groups excluding tert-OH is 1. The first-order chi connectivity index (χ1) is 12.6. The Kier molecular flexibility index (Phi) is 18.8. The second-order valence-corrected chi connectivity index (χ2v) is 8.15. The second kappa shape index (κ2) is 19.2. The first-order valence-corrected chi connectivity index (χ1v) is 11.5. The minimum atomic E-state index is -0.323. The Morgan fingerprint density at radius 3 is 1.54 bits per heavy atom. The lowest BCUT2D eigenvalue weighted by atomic mass is 10.0. The zero-order chi connectivity index (χ0) is 19.5. The van der Waals surface area contributed by atoms with E-state index >= 15 is 0 Å². The molecule has 156 valence electrons. The van der Waals surface area contributed by atoms with Crippen molar-refractivity contribution >= 4 is 5.91 Å². The fourth-order valence-electron chi connectivity index (χ4n) is 3.34. The molecule has 0 spiro atoms. The number of aliphatic hydroxyl groups is 1. The maximum atomic E-state index is 11.9. The molecule has 0 heterocycles. The fourth-order valence-corrected chi connectivity index (χ4v) is 3.34. The van der Waals surface area contributed by atoms with Gasteiger partial charge in [0.15, 0.2) is 0 Å². The van der Waals surface area contributed by atoms with Gasteiger partial charge in [-0.3, -0.25) is 4.79 Å². The van der Waals surface area contributed by atoms with Gasteiger partial charge in [-0.2, -0.15) is 0 Å². The van der Waals surface area contributed by atoms with Crippen LogP contribution < -0.4 is 0 Å². The second-order valence-electron chi connectivity index (χ2n) is 8.15. The number of unbranched alkanes of at least 4 members (excludes halogenated alkanes) is 14. The van der Waals surface area contributed by atoms with E-state index in [1.54, 1.807) is 11.8 Å². The molecule has 0 aromatic rings. The average Bonchev–Trinajstić information content (AvgIpc) is 2.62. The van der Waals surface area contributed by atoms with Gasteiger partial charge in [0.2, 0.25) is 5.91 Å². The Labute approximate surface area is 163 Å². The first kappa shape index (κ1) is 25.4. The molecule has 0 saturated carbocycles. The van der Waals surface area contributed by atoms with E-state index in [0.717, 1.165) is 6.42 Å². The Bertz CT molecular complexity index is 305. The van der Waals surface area contributed by atoms with Gasteiger partial charge in [-0.25, -0.2) is 0 Å². The lowest BCUT2D eigenvalue weighted by Crippen LogP contribution is -2.29. The molecule has 0 aliphatic heterocycles. The van der Waals surface area contributed by atoms with Crippen LogP contribution in [0.25, 0.3) is 0 Å². The van der Waals surface area contributed by atoms with Gasteiger partial charge in [0, 0.05) is 20.0 Å². The molecule has 0 rings (SSSR count). The maximum absolute atomic E-state index is 11.9. The van der Waals surface area contributed by atoms with E-state index in [9.17, 15) is 9.90 Å². The van der Waals surface area contributed by atoms with Gasteiger partial charge in [-0.15, -0.1) is 0 Å². The molecule has 1 N–H and O–H groups in total. The lowest BCUT2D eigenvalue weighted by molar-refractivity contribution is -0.130. The smallest absolute Gasteiger partial charge is 0.222 e. The Hall–Kier alpha value is -0.570. The van der Waals surface area contributed by atoms with Crippen LogP contribution in [0.4, 0.5) is 0 Å². The third-order valence-electron chi connectivity index (χ3n) is 5.30. The lowest BCUT2D eigenvalue weighted by Gasteiger charge is -2.17. The molecule has 0 radical (unpaired) electrons. The van der Waals surface area contributed by atoms with Crippen LogP contribution in [0.2, 0.25) is 0 Å². The normalized spacial score (nSPS) is 12.3. The minimum absolute atomic E-state index is 0.223. The maximum Gasteiger partial charge on any atom is 0.222 e. The fraction of sp³-hybridized carbons (Fsp3) is 0.957. The average molecular weight is 370 g/mol. The first-order valence-electron chi connectivity index (χ1n) is 11.5. The molecular weight excluding hydrogens is 322 g/mol. The van der Waals surface area contributed by atoms with Gasteiger partial charge in [-0.1, -0.05) is 96.8 Å². The van der Waals surface area contributed by atoms with E-state index in [4.69, 9.17) is 0 Å². The summed E-state index contributed by atoms with van der Waals surface area (Å²) in [5.41, 5.74) is 0. The van der Waals surface area contributed by atoms with Crippen LogP contribution in [-0.4, -0.2) is 35.6 Å². The zero-order valence-electron chi connectivity index (χ0n) is 18.1. The van der Waals surface area contributed by atoms with Crippen molar-refractivity contribution in [3.05, 3.63) is 0 Å². The highest BCUT2D eigenvalue weighted by Gasteiger charge is 2.08.